The Morgan fingerprint density at radius 1 is 0.906 bits per heavy atom. The van der Waals surface area contributed by atoms with Gasteiger partial charge in [-0.2, -0.15) is 0 Å². The Labute approximate surface area is 183 Å². The average Bonchev–Trinajstić information content (AvgIpc) is 2.74. The van der Waals surface area contributed by atoms with Gasteiger partial charge in [0, 0.05) is 0 Å². The van der Waals surface area contributed by atoms with Gasteiger partial charge in [-0.1, -0.05) is 12.1 Å². The van der Waals surface area contributed by atoms with E-state index < -0.39 is 67.2 Å². The van der Waals surface area contributed by atoms with Crippen molar-refractivity contribution in [2.45, 2.75) is 43.6 Å². The molecular weight excluding hydrogens is 428 g/mol. The van der Waals surface area contributed by atoms with Crippen LogP contribution < -0.4 is 21.7 Å². The van der Waals surface area contributed by atoms with Crippen molar-refractivity contribution >= 4 is 23.7 Å². The van der Waals surface area contributed by atoms with Gasteiger partial charge >= 0.3 is 5.97 Å². The van der Waals surface area contributed by atoms with Crippen LogP contribution in [0.2, 0.25) is 0 Å². The second-order valence-electron chi connectivity index (χ2n) is 7.03. The Balaban J connectivity index is 2.78. The first-order chi connectivity index (χ1) is 15.0. The van der Waals surface area contributed by atoms with E-state index >= 15 is 0 Å². The molecule has 13 heteroatoms. The van der Waals surface area contributed by atoms with E-state index in [1.165, 1.54) is 19.1 Å². The van der Waals surface area contributed by atoms with Crippen molar-refractivity contribution in [2.75, 3.05) is 13.2 Å². The zero-order valence-corrected chi connectivity index (χ0v) is 17.3. The molecule has 1 aromatic carbocycles. The molecule has 5 unspecified atom stereocenters. The summed E-state index contributed by atoms with van der Waals surface area (Å²) in [6.45, 7) is -0.634. The third-order valence-corrected chi connectivity index (χ3v) is 4.40. The van der Waals surface area contributed by atoms with Gasteiger partial charge in [-0.15, -0.1) is 0 Å². The van der Waals surface area contributed by atoms with Gasteiger partial charge in [0.1, 0.15) is 23.9 Å². The van der Waals surface area contributed by atoms with Crippen LogP contribution in [-0.2, 0) is 25.6 Å². The van der Waals surface area contributed by atoms with Crippen molar-refractivity contribution in [3.63, 3.8) is 0 Å². The number of hydrogen-bond donors (Lipinski definition) is 9. The predicted octanol–water partition coefficient (Wildman–Crippen LogP) is -3.83. The Morgan fingerprint density at radius 2 is 1.44 bits per heavy atom. The molecule has 10 N–H and O–H groups in total. The fourth-order valence-electron chi connectivity index (χ4n) is 2.56. The van der Waals surface area contributed by atoms with E-state index in [4.69, 9.17) is 15.9 Å². The van der Waals surface area contributed by atoms with Crippen molar-refractivity contribution < 1.29 is 44.7 Å². The Bertz CT molecular complexity index is 800. The molecule has 13 nitrogen and oxygen atoms in total. The smallest absolute Gasteiger partial charge is 0.328 e. The highest BCUT2D eigenvalue weighted by molar-refractivity contribution is 5.94. The van der Waals surface area contributed by atoms with Gasteiger partial charge in [-0.05, 0) is 31.0 Å². The van der Waals surface area contributed by atoms with Gasteiger partial charge in [0.05, 0.1) is 25.4 Å². The molecule has 0 bridgehead atoms. The first-order valence-electron chi connectivity index (χ1n) is 9.57. The van der Waals surface area contributed by atoms with Gasteiger partial charge in [-0.25, -0.2) is 4.79 Å². The van der Waals surface area contributed by atoms with Crippen LogP contribution in [-0.4, -0.2) is 92.7 Å². The third-order valence-electron chi connectivity index (χ3n) is 4.40. The summed E-state index contributed by atoms with van der Waals surface area (Å²) in [6, 6.07) is 0.0359. The van der Waals surface area contributed by atoms with Crippen molar-refractivity contribution in [1.82, 2.24) is 16.0 Å². The first kappa shape index (κ1) is 26.8. The SMILES string of the molecule is CC(O)C(NC(=O)C(N)Cc1ccc(O)cc1)C(=O)NC(CO)C(=O)NC(CO)C(=O)O. The molecule has 0 radical (unpaired) electrons. The van der Waals surface area contributed by atoms with Crippen molar-refractivity contribution in [3.05, 3.63) is 29.8 Å². The van der Waals surface area contributed by atoms with Crippen LogP contribution in [0, 0.1) is 0 Å². The number of amides is 3. The highest BCUT2D eigenvalue weighted by Crippen LogP contribution is 2.11. The summed E-state index contributed by atoms with van der Waals surface area (Å²) >= 11 is 0. The number of nitrogens with two attached hydrogens (primary N) is 1. The number of carbonyl (C=O) groups excluding carboxylic acids is 3. The highest BCUT2D eigenvalue weighted by atomic mass is 16.4. The van der Waals surface area contributed by atoms with Crippen LogP contribution >= 0.6 is 0 Å². The predicted molar refractivity (Wildman–Crippen MR) is 109 cm³/mol. The summed E-state index contributed by atoms with van der Waals surface area (Å²) in [5.41, 5.74) is 6.48. The number of phenolic OH excluding ortho intramolecular Hbond substituents is 1. The number of nitrogens with one attached hydrogen (secondary N) is 3. The number of aliphatic hydroxyl groups excluding tert-OH is 3. The molecule has 0 saturated heterocycles. The number of phenols is 1. The van der Waals surface area contributed by atoms with E-state index in [1.54, 1.807) is 12.1 Å². The monoisotopic (exact) mass is 456 g/mol. The molecule has 0 aromatic heterocycles. The lowest BCUT2D eigenvalue weighted by atomic mass is 10.0. The molecule has 178 valence electrons. The number of carbonyl (C=O) groups is 4. The largest absolute Gasteiger partial charge is 0.508 e. The number of benzene rings is 1. The number of aromatic hydroxyl groups is 1. The van der Waals surface area contributed by atoms with Gasteiger partial charge in [0.25, 0.3) is 0 Å². The maximum Gasteiger partial charge on any atom is 0.328 e. The van der Waals surface area contributed by atoms with Gasteiger partial charge in [-0.3, -0.25) is 14.4 Å². The Morgan fingerprint density at radius 3 is 1.91 bits per heavy atom. The average molecular weight is 456 g/mol. The van der Waals surface area contributed by atoms with Crippen LogP contribution in [0.4, 0.5) is 0 Å². The molecule has 0 aliphatic heterocycles. The summed E-state index contributed by atoms with van der Waals surface area (Å²) in [4.78, 5) is 47.9. The number of carboxylic acid groups (broad SMARTS) is 1. The molecule has 0 aliphatic carbocycles. The van der Waals surface area contributed by atoms with Gasteiger partial charge in [0.2, 0.25) is 17.7 Å². The molecule has 3 amide bonds. The number of rotatable bonds is 12. The molecular formula is C19H28N4O9. The molecule has 5 atom stereocenters. The molecule has 1 rings (SSSR count). The van der Waals surface area contributed by atoms with Crippen LogP contribution in [0.1, 0.15) is 12.5 Å². The number of hydrogen-bond acceptors (Lipinski definition) is 9. The van der Waals surface area contributed by atoms with E-state index in [0.29, 0.717) is 5.56 Å². The minimum atomic E-state index is -1.65. The van der Waals surface area contributed by atoms with Crippen LogP contribution in [0.15, 0.2) is 24.3 Å². The summed E-state index contributed by atoms with van der Waals surface area (Å²) in [5, 5.41) is 52.7. The second kappa shape index (κ2) is 12.6. The lowest BCUT2D eigenvalue weighted by Crippen LogP contribution is -2.60. The zero-order valence-electron chi connectivity index (χ0n) is 17.3. The molecule has 0 fully saturated rings. The number of aliphatic hydroxyl groups is 3. The van der Waals surface area contributed by atoms with Crippen LogP contribution in [0.3, 0.4) is 0 Å². The standard InChI is InChI=1S/C19H28N4O9/c1-9(26)15(23-16(28)12(20)6-10-2-4-11(27)5-3-10)18(30)21-13(7-24)17(29)22-14(8-25)19(31)32/h2-5,9,12-15,24-27H,6-8,20H2,1H3,(H,21,30)(H,22,29)(H,23,28)(H,31,32). The highest BCUT2D eigenvalue weighted by Gasteiger charge is 2.32. The van der Waals surface area contributed by atoms with E-state index in [9.17, 15) is 34.5 Å². The Kier molecular flexibility index (Phi) is 10.5. The van der Waals surface area contributed by atoms with Crippen molar-refractivity contribution in [3.8, 4) is 5.75 Å². The molecule has 0 spiro atoms. The number of carboxylic acids is 1. The topological polar surface area (TPSA) is 232 Å². The van der Waals surface area contributed by atoms with E-state index in [0.717, 1.165) is 0 Å². The van der Waals surface area contributed by atoms with Crippen LogP contribution in [0.5, 0.6) is 5.75 Å². The first-order valence-corrected chi connectivity index (χ1v) is 9.57. The minimum absolute atomic E-state index is 0.0359. The summed E-state index contributed by atoms with van der Waals surface area (Å²) in [5.74, 6) is -4.40. The summed E-state index contributed by atoms with van der Waals surface area (Å²) in [7, 11) is 0. The molecule has 0 saturated carbocycles. The lowest BCUT2D eigenvalue weighted by Gasteiger charge is -2.25. The summed E-state index contributed by atoms with van der Waals surface area (Å²) < 4.78 is 0. The van der Waals surface area contributed by atoms with Gasteiger partial charge in [0.15, 0.2) is 0 Å². The second-order valence-corrected chi connectivity index (χ2v) is 7.03. The minimum Gasteiger partial charge on any atom is -0.508 e. The lowest BCUT2D eigenvalue weighted by molar-refractivity contribution is -0.143. The normalized spacial score (nSPS) is 15.5. The van der Waals surface area contributed by atoms with E-state index in [-0.39, 0.29) is 12.2 Å². The van der Waals surface area contributed by atoms with Crippen molar-refractivity contribution in [2.24, 2.45) is 5.73 Å². The number of aliphatic carboxylic acids is 1. The van der Waals surface area contributed by atoms with E-state index in [1.807, 2.05) is 5.32 Å². The maximum atomic E-state index is 12.5. The van der Waals surface area contributed by atoms with Crippen molar-refractivity contribution in [1.29, 1.82) is 0 Å². The fourth-order valence-corrected chi connectivity index (χ4v) is 2.56. The molecule has 0 heterocycles. The maximum absolute atomic E-state index is 12.5. The van der Waals surface area contributed by atoms with Gasteiger partial charge < -0.3 is 47.2 Å². The molecule has 32 heavy (non-hydrogen) atoms. The molecule has 0 aliphatic rings. The third kappa shape index (κ3) is 8.11. The van der Waals surface area contributed by atoms with Crippen LogP contribution in [0.25, 0.3) is 0 Å². The molecule has 1 aromatic rings. The summed E-state index contributed by atoms with van der Waals surface area (Å²) in [6.07, 6.45) is -1.34. The zero-order chi connectivity index (χ0) is 24.4. The quantitative estimate of drug-likeness (QED) is 0.149. The Hall–Kier alpha value is -3.26. The fraction of sp³-hybridized carbons (Fsp3) is 0.474. The van der Waals surface area contributed by atoms with E-state index in [2.05, 4.69) is 10.6 Å².